The van der Waals surface area contributed by atoms with E-state index in [1.807, 2.05) is 0 Å². The Balaban J connectivity index is 2.47. The molecule has 0 atom stereocenters. The maximum atomic E-state index is 10.7. The Labute approximate surface area is 99.9 Å². The van der Waals surface area contributed by atoms with E-state index >= 15 is 0 Å². The zero-order valence-corrected chi connectivity index (χ0v) is 9.97. The molecule has 82 valence electrons. The Morgan fingerprint density at radius 1 is 1.50 bits per heavy atom. The standard InChI is InChI=1S/C10H8BrN3O2/c1-6-2-7(10(15)16)3-12-9(6)14-5-8(11)4-13-14/h2-5H,1H3,(H,15,16). The van der Waals surface area contributed by atoms with Gasteiger partial charge in [0, 0.05) is 12.4 Å². The number of rotatable bonds is 2. The van der Waals surface area contributed by atoms with Gasteiger partial charge in [0.1, 0.15) is 0 Å². The molecule has 0 amide bonds. The molecule has 2 aromatic rings. The minimum Gasteiger partial charge on any atom is -0.478 e. The van der Waals surface area contributed by atoms with Crippen LogP contribution in [0.4, 0.5) is 0 Å². The second-order valence-electron chi connectivity index (χ2n) is 3.27. The molecule has 0 aliphatic carbocycles. The van der Waals surface area contributed by atoms with Crippen molar-refractivity contribution in [1.29, 1.82) is 0 Å². The molecule has 0 radical (unpaired) electrons. The summed E-state index contributed by atoms with van der Waals surface area (Å²) in [5.74, 6) is -0.362. The molecule has 5 nitrogen and oxygen atoms in total. The first-order valence-corrected chi connectivity index (χ1v) is 5.27. The van der Waals surface area contributed by atoms with E-state index in [-0.39, 0.29) is 5.56 Å². The number of carboxylic acid groups (broad SMARTS) is 1. The van der Waals surface area contributed by atoms with Gasteiger partial charge in [-0.1, -0.05) is 0 Å². The Kier molecular flexibility index (Phi) is 2.74. The number of hydrogen-bond acceptors (Lipinski definition) is 3. The lowest BCUT2D eigenvalue weighted by atomic mass is 10.2. The summed E-state index contributed by atoms with van der Waals surface area (Å²) in [5, 5.41) is 12.9. The Morgan fingerprint density at radius 3 is 2.75 bits per heavy atom. The van der Waals surface area contributed by atoms with Crippen LogP contribution in [0.15, 0.2) is 29.1 Å². The van der Waals surface area contributed by atoms with Gasteiger partial charge in [-0.15, -0.1) is 0 Å². The molecule has 0 bridgehead atoms. The monoisotopic (exact) mass is 281 g/mol. The minimum atomic E-state index is -0.983. The second-order valence-corrected chi connectivity index (χ2v) is 4.19. The molecule has 0 aromatic carbocycles. The van der Waals surface area contributed by atoms with Gasteiger partial charge >= 0.3 is 5.97 Å². The predicted molar refractivity (Wildman–Crippen MR) is 60.8 cm³/mol. The number of aromatic carboxylic acids is 1. The summed E-state index contributed by atoms with van der Waals surface area (Å²) < 4.78 is 2.43. The van der Waals surface area contributed by atoms with Crippen LogP contribution < -0.4 is 0 Å². The van der Waals surface area contributed by atoms with Gasteiger partial charge in [0.25, 0.3) is 0 Å². The molecule has 2 rings (SSSR count). The predicted octanol–water partition coefficient (Wildman–Crippen LogP) is 2.04. The second kappa shape index (κ2) is 4.05. The Bertz CT molecular complexity index is 551. The summed E-state index contributed by atoms with van der Waals surface area (Å²) in [6.07, 6.45) is 4.72. The van der Waals surface area contributed by atoms with Crippen molar-refractivity contribution >= 4 is 21.9 Å². The lowest BCUT2D eigenvalue weighted by molar-refractivity contribution is 0.0696. The fraction of sp³-hybridized carbons (Fsp3) is 0.100. The highest BCUT2D eigenvalue weighted by Crippen LogP contribution is 2.15. The van der Waals surface area contributed by atoms with E-state index in [2.05, 4.69) is 26.0 Å². The SMILES string of the molecule is Cc1cc(C(=O)O)cnc1-n1cc(Br)cn1. The smallest absolute Gasteiger partial charge is 0.337 e. The van der Waals surface area contributed by atoms with E-state index in [9.17, 15) is 4.79 Å². The van der Waals surface area contributed by atoms with Crippen molar-refractivity contribution in [2.24, 2.45) is 0 Å². The summed E-state index contributed by atoms with van der Waals surface area (Å²) in [5.41, 5.74) is 0.933. The number of hydrogen-bond donors (Lipinski definition) is 1. The third-order valence-corrected chi connectivity index (χ3v) is 2.48. The number of nitrogens with zero attached hydrogens (tertiary/aromatic N) is 3. The molecule has 0 fully saturated rings. The van der Waals surface area contributed by atoms with Crippen LogP contribution in [0.2, 0.25) is 0 Å². The van der Waals surface area contributed by atoms with Gasteiger partial charge in [-0.25, -0.2) is 14.5 Å². The van der Waals surface area contributed by atoms with E-state index in [1.54, 1.807) is 30.1 Å². The third-order valence-electron chi connectivity index (χ3n) is 2.07. The molecule has 2 aromatic heterocycles. The van der Waals surface area contributed by atoms with E-state index in [0.717, 1.165) is 10.0 Å². The third kappa shape index (κ3) is 1.96. The average molecular weight is 282 g/mol. The number of carbonyl (C=O) groups is 1. The van der Waals surface area contributed by atoms with Crippen LogP contribution in [0.25, 0.3) is 5.82 Å². The summed E-state index contributed by atoms with van der Waals surface area (Å²) in [6.45, 7) is 1.80. The number of carboxylic acids is 1. The molecule has 0 saturated heterocycles. The molecule has 1 N–H and O–H groups in total. The van der Waals surface area contributed by atoms with Gasteiger partial charge in [-0.05, 0) is 34.5 Å². The van der Waals surface area contributed by atoms with Crippen molar-refractivity contribution < 1.29 is 9.90 Å². The van der Waals surface area contributed by atoms with Crippen LogP contribution in [0.3, 0.4) is 0 Å². The molecular weight excluding hydrogens is 274 g/mol. The fourth-order valence-electron chi connectivity index (χ4n) is 1.34. The summed E-state index contributed by atoms with van der Waals surface area (Å²) in [7, 11) is 0. The first-order valence-electron chi connectivity index (χ1n) is 4.48. The molecule has 0 aliphatic rings. The lowest BCUT2D eigenvalue weighted by Crippen LogP contribution is -2.04. The van der Waals surface area contributed by atoms with Crippen LogP contribution in [0.5, 0.6) is 0 Å². The van der Waals surface area contributed by atoms with Gasteiger partial charge in [0.15, 0.2) is 5.82 Å². The van der Waals surface area contributed by atoms with Crippen molar-refractivity contribution in [3.8, 4) is 5.82 Å². The van der Waals surface area contributed by atoms with Crippen LogP contribution >= 0.6 is 15.9 Å². The summed E-state index contributed by atoms with van der Waals surface area (Å²) in [6, 6.07) is 1.57. The molecule has 0 saturated carbocycles. The van der Waals surface area contributed by atoms with Crippen molar-refractivity contribution in [3.63, 3.8) is 0 Å². The van der Waals surface area contributed by atoms with Crippen molar-refractivity contribution in [3.05, 3.63) is 40.3 Å². The molecule has 0 aliphatic heterocycles. The topological polar surface area (TPSA) is 68.0 Å². The molecule has 0 spiro atoms. The Morgan fingerprint density at radius 2 is 2.25 bits per heavy atom. The highest BCUT2D eigenvalue weighted by molar-refractivity contribution is 9.10. The quantitative estimate of drug-likeness (QED) is 0.915. The average Bonchev–Trinajstić information content (AvgIpc) is 2.64. The number of halogens is 1. The van der Waals surface area contributed by atoms with E-state index in [4.69, 9.17) is 5.11 Å². The largest absolute Gasteiger partial charge is 0.478 e. The maximum Gasteiger partial charge on any atom is 0.337 e. The van der Waals surface area contributed by atoms with E-state index in [1.165, 1.54) is 6.20 Å². The molecule has 16 heavy (non-hydrogen) atoms. The molecular formula is C10H8BrN3O2. The van der Waals surface area contributed by atoms with Gasteiger partial charge in [0.2, 0.25) is 0 Å². The van der Waals surface area contributed by atoms with Crippen LogP contribution in [0, 0.1) is 6.92 Å². The van der Waals surface area contributed by atoms with Crippen molar-refractivity contribution in [2.45, 2.75) is 6.92 Å². The molecule has 2 heterocycles. The maximum absolute atomic E-state index is 10.7. The first kappa shape index (κ1) is 10.8. The van der Waals surface area contributed by atoms with Gasteiger partial charge in [0.05, 0.1) is 16.2 Å². The number of aryl methyl sites for hydroxylation is 1. The van der Waals surface area contributed by atoms with Crippen LogP contribution in [0.1, 0.15) is 15.9 Å². The zero-order valence-electron chi connectivity index (χ0n) is 8.38. The van der Waals surface area contributed by atoms with Gasteiger partial charge < -0.3 is 5.11 Å². The Hall–Kier alpha value is -1.69. The number of pyridine rings is 1. The lowest BCUT2D eigenvalue weighted by Gasteiger charge is -2.04. The van der Waals surface area contributed by atoms with E-state index in [0.29, 0.717) is 5.82 Å². The van der Waals surface area contributed by atoms with Crippen LogP contribution in [-0.2, 0) is 0 Å². The normalized spacial score (nSPS) is 10.4. The van der Waals surface area contributed by atoms with E-state index < -0.39 is 5.97 Å². The summed E-state index contributed by atoms with van der Waals surface area (Å²) >= 11 is 3.29. The van der Waals surface area contributed by atoms with Crippen molar-refractivity contribution in [1.82, 2.24) is 14.8 Å². The van der Waals surface area contributed by atoms with Crippen LogP contribution in [-0.4, -0.2) is 25.8 Å². The zero-order chi connectivity index (χ0) is 11.7. The molecule has 6 heteroatoms. The highest BCUT2D eigenvalue weighted by Gasteiger charge is 2.09. The van der Waals surface area contributed by atoms with Crippen molar-refractivity contribution in [2.75, 3.05) is 0 Å². The van der Waals surface area contributed by atoms with Gasteiger partial charge in [-0.2, -0.15) is 5.10 Å². The molecule has 0 unspecified atom stereocenters. The highest BCUT2D eigenvalue weighted by atomic mass is 79.9. The number of aromatic nitrogens is 3. The summed E-state index contributed by atoms with van der Waals surface area (Å²) in [4.78, 5) is 14.8. The minimum absolute atomic E-state index is 0.174. The first-order chi connectivity index (χ1) is 7.58. The fourth-order valence-corrected chi connectivity index (χ4v) is 1.63. The van der Waals surface area contributed by atoms with Gasteiger partial charge in [-0.3, -0.25) is 0 Å².